The van der Waals surface area contributed by atoms with E-state index >= 15 is 0 Å². The first kappa shape index (κ1) is 28.5. The van der Waals surface area contributed by atoms with Crippen molar-refractivity contribution in [2.45, 2.75) is 13.3 Å². The summed E-state index contributed by atoms with van der Waals surface area (Å²) in [5.41, 5.74) is 3.45. The second-order valence-electron chi connectivity index (χ2n) is 9.69. The number of hydrogen-bond donors (Lipinski definition) is 0. The average molecular weight is 607 g/mol. The van der Waals surface area contributed by atoms with Crippen LogP contribution in [0.3, 0.4) is 0 Å². The number of nitro groups is 1. The number of rotatable bonds is 10. The lowest BCUT2D eigenvalue weighted by molar-refractivity contribution is -0.384. The normalized spacial score (nSPS) is 11.9. The SMILES string of the molecule is CCCOc1ccc(/C=C/c2nc3s/c(=C\c4cn(-c5ccc([N+](=O)[O-])cc5)nc4-c4ccccc4)c(=O)n3n2)cc1OC. The number of nitro benzene ring substituents is 1. The summed E-state index contributed by atoms with van der Waals surface area (Å²) in [5, 5.41) is 20.2. The number of non-ortho nitro benzene ring substituents is 1. The molecule has 0 fully saturated rings. The molecule has 0 atom stereocenters. The molecule has 0 aliphatic heterocycles. The first-order valence-electron chi connectivity index (χ1n) is 13.7. The van der Waals surface area contributed by atoms with E-state index in [9.17, 15) is 14.9 Å². The van der Waals surface area contributed by atoms with Gasteiger partial charge in [0.1, 0.15) is 0 Å². The van der Waals surface area contributed by atoms with Crippen molar-refractivity contribution in [3.05, 3.63) is 121 Å². The van der Waals surface area contributed by atoms with Crippen molar-refractivity contribution in [1.82, 2.24) is 24.4 Å². The average Bonchev–Trinajstić information content (AvgIpc) is 3.74. The summed E-state index contributed by atoms with van der Waals surface area (Å²) >= 11 is 1.23. The van der Waals surface area contributed by atoms with Gasteiger partial charge in [-0.1, -0.05) is 60.7 Å². The number of methoxy groups -OCH3 is 1. The molecule has 0 aliphatic carbocycles. The van der Waals surface area contributed by atoms with Gasteiger partial charge in [0.05, 0.1) is 34.6 Å². The molecule has 3 aromatic heterocycles. The summed E-state index contributed by atoms with van der Waals surface area (Å²) in [4.78, 5) is 29.0. The van der Waals surface area contributed by atoms with Crippen LogP contribution in [0.4, 0.5) is 5.69 Å². The van der Waals surface area contributed by atoms with Crippen LogP contribution in [0.5, 0.6) is 11.5 Å². The Hall–Kier alpha value is -5.62. The van der Waals surface area contributed by atoms with Crippen molar-refractivity contribution >= 4 is 40.2 Å². The molecule has 220 valence electrons. The maximum absolute atomic E-state index is 13.3. The van der Waals surface area contributed by atoms with E-state index in [1.165, 1.54) is 28.0 Å². The molecule has 3 heterocycles. The number of aromatic nitrogens is 5. The highest BCUT2D eigenvalue weighted by atomic mass is 32.1. The predicted molar refractivity (Wildman–Crippen MR) is 169 cm³/mol. The third-order valence-electron chi connectivity index (χ3n) is 6.67. The van der Waals surface area contributed by atoms with Gasteiger partial charge in [-0.15, -0.1) is 5.10 Å². The van der Waals surface area contributed by atoms with E-state index in [-0.39, 0.29) is 11.2 Å². The maximum Gasteiger partial charge on any atom is 0.291 e. The number of fused-ring (bicyclic) bond motifs is 1. The number of benzene rings is 3. The van der Waals surface area contributed by atoms with Crippen LogP contribution in [0, 0.1) is 10.1 Å². The number of ether oxygens (including phenoxy) is 2. The van der Waals surface area contributed by atoms with Gasteiger partial charge >= 0.3 is 0 Å². The summed E-state index contributed by atoms with van der Waals surface area (Å²) in [5.74, 6) is 1.72. The van der Waals surface area contributed by atoms with Crippen LogP contribution in [-0.4, -0.2) is 43.0 Å². The van der Waals surface area contributed by atoms with Gasteiger partial charge in [-0.2, -0.15) is 14.6 Å². The van der Waals surface area contributed by atoms with Gasteiger partial charge in [-0.3, -0.25) is 14.9 Å². The first-order valence-corrected chi connectivity index (χ1v) is 14.6. The van der Waals surface area contributed by atoms with Gasteiger partial charge < -0.3 is 9.47 Å². The fourth-order valence-corrected chi connectivity index (χ4v) is 5.43. The van der Waals surface area contributed by atoms with Crippen molar-refractivity contribution in [1.29, 1.82) is 0 Å². The highest BCUT2D eigenvalue weighted by Gasteiger charge is 2.15. The molecule has 44 heavy (non-hydrogen) atoms. The van der Waals surface area contributed by atoms with Crippen molar-refractivity contribution in [3.8, 4) is 28.4 Å². The molecule has 3 aromatic carbocycles. The van der Waals surface area contributed by atoms with E-state index < -0.39 is 4.92 Å². The van der Waals surface area contributed by atoms with Crippen molar-refractivity contribution in [2.75, 3.05) is 13.7 Å². The monoisotopic (exact) mass is 606 g/mol. The fourth-order valence-electron chi connectivity index (χ4n) is 4.52. The molecule has 11 nitrogen and oxygen atoms in total. The molecule has 0 radical (unpaired) electrons. The highest BCUT2D eigenvalue weighted by Crippen LogP contribution is 2.29. The van der Waals surface area contributed by atoms with E-state index in [0.29, 0.717) is 50.4 Å². The molecule has 6 rings (SSSR count). The zero-order chi connectivity index (χ0) is 30.6. The molecule has 0 bridgehead atoms. The third kappa shape index (κ3) is 5.83. The van der Waals surface area contributed by atoms with E-state index in [1.807, 2.05) is 61.5 Å². The Morgan fingerprint density at radius 3 is 2.50 bits per heavy atom. The van der Waals surface area contributed by atoms with Crippen LogP contribution in [0.1, 0.15) is 30.3 Å². The zero-order valence-electron chi connectivity index (χ0n) is 23.8. The molecule has 0 spiro atoms. The number of hydrogen-bond acceptors (Lipinski definition) is 9. The fraction of sp³-hybridized carbons (Fsp3) is 0.125. The standard InChI is InChI=1S/C32H26N6O5S/c1-3-17-43-26-15-9-21(18-27(26)42-2)10-16-29-33-32-37(34-29)31(39)28(44-32)19-23-20-36(24-11-13-25(14-12-24)38(40)41)35-30(23)22-7-5-4-6-8-22/h4-16,18-20H,3,17H2,1-2H3/b16-10+,28-19-. The smallest absolute Gasteiger partial charge is 0.291 e. The minimum Gasteiger partial charge on any atom is -0.493 e. The number of thiazole rings is 1. The quantitative estimate of drug-likeness (QED) is 0.149. The summed E-state index contributed by atoms with van der Waals surface area (Å²) in [6, 6.07) is 21.4. The van der Waals surface area contributed by atoms with Crippen LogP contribution in [0.15, 0.2) is 83.8 Å². The van der Waals surface area contributed by atoms with Gasteiger partial charge in [-0.25, -0.2) is 4.68 Å². The molecular formula is C32H26N6O5S. The molecule has 12 heteroatoms. The summed E-state index contributed by atoms with van der Waals surface area (Å²) in [7, 11) is 1.60. The zero-order valence-corrected chi connectivity index (χ0v) is 24.6. The summed E-state index contributed by atoms with van der Waals surface area (Å²) < 4.78 is 14.6. The largest absolute Gasteiger partial charge is 0.493 e. The van der Waals surface area contributed by atoms with Gasteiger partial charge in [0, 0.05) is 29.5 Å². The lowest BCUT2D eigenvalue weighted by Crippen LogP contribution is -2.23. The maximum atomic E-state index is 13.3. The highest BCUT2D eigenvalue weighted by molar-refractivity contribution is 7.15. The Morgan fingerprint density at radius 2 is 1.80 bits per heavy atom. The molecule has 0 aliphatic rings. The minimum atomic E-state index is -0.447. The Bertz CT molecular complexity index is 2100. The molecule has 0 N–H and O–H groups in total. The summed E-state index contributed by atoms with van der Waals surface area (Å²) in [6.07, 6.45) is 8.05. The summed E-state index contributed by atoms with van der Waals surface area (Å²) in [6.45, 7) is 2.65. The van der Waals surface area contributed by atoms with E-state index in [2.05, 4.69) is 10.1 Å². The van der Waals surface area contributed by atoms with Crippen molar-refractivity contribution < 1.29 is 14.4 Å². The molecule has 6 aromatic rings. The minimum absolute atomic E-state index is 0.00902. The van der Waals surface area contributed by atoms with Gasteiger partial charge in [0.15, 0.2) is 17.3 Å². The van der Waals surface area contributed by atoms with Crippen molar-refractivity contribution in [2.24, 2.45) is 0 Å². The Balaban J connectivity index is 1.32. The Morgan fingerprint density at radius 1 is 1.00 bits per heavy atom. The molecule has 0 saturated carbocycles. The van der Waals surface area contributed by atoms with E-state index in [1.54, 1.807) is 42.3 Å². The van der Waals surface area contributed by atoms with E-state index in [4.69, 9.17) is 14.6 Å². The Labute approximate surface area is 255 Å². The lowest BCUT2D eigenvalue weighted by Gasteiger charge is -2.10. The van der Waals surface area contributed by atoms with Crippen LogP contribution >= 0.6 is 11.3 Å². The van der Waals surface area contributed by atoms with Crippen LogP contribution in [0.2, 0.25) is 0 Å². The van der Waals surface area contributed by atoms with Gasteiger partial charge in [0.2, 0.25) is 4.96 Å². The second kappa shape index (κ2) is 12.3. The lowest BCUT2D eigenvalue weighted by atomic mass is 10.1. The predicted octanol–water partition coefficient (Wildman–Crippen LogP) is 5.43. The van der Waals surface area contributed by atoms with Gasteiger partial charge in [-0.05, 0) is 48.4 Å². The van der Waals surface area contributed by atoms with Crippen LogP contribution in [-0.2, 0) is 0 Å². The third-order valence-corrected chi connectivity index (χ3v) is 7.63. The van der Waals surface area contributed by atoms with Crippen LogP contribution < -0.4 is 19.6 Å². The molecule has 0 saturated heterocycles. The molecular weight excluding hydrogens is 580 g/mol. The topological polar surface area (TPSA) is 127 Å². The van der Waals surface area contributed by atoms with E-state index in [0.717, 1.165) is 17.5 Å². The second-order valence-corrected chi connectivity index (χ2v) is 10.7. The first-order chi connectivity index (χ1) is 21.4. The molecule has 0 unspecified atom stereocenters. The number of nitrogens with zero attached hydrogens (tertiary/aromatic N) is 6. The van der Waals surface area contributed by atoms with Crippen molar-refractivity contribution in [3.63, 3.8) is 0 Å². The van der Waals surface area contributed by atoms with Gasteiger partial charge in [0.25, 0.3) is 11.2 Å². The molecule has 0 amide bonds. The van der Waals surface area contributed by atoms with Crippen LogP contribution in [0.25, 0.3) is 40.1 Å². The Kier molecular flexibility index (Phi) is 7.98.